The predicted molar refractivity (Wildman–Crippen MR) is 125 cm³/mol. The molecule has 0 aliphatic rings. The quantitative estimate of drug-likeness (QED) is 0.407. The largest absolute Gasteiger partial charge is 0.441 e. The van der Waals surface area contributed by atoms with Crippen molar-refractivity contribution in [1.29, 1.82) is 0 Å². The highest BCUT2D eigenvalue weighted by Crippen LogP contribution is 2.25. The van der Waals surface area contributed by atoms with E-state index in [1.165, 1.54) is 0 Å². The number of hydrogen-bond donors (Lipinski definition) is 1. The van der Waals surface area contributed by atoms with E-state index in [1.807, 2.05) is 49.4 Å². The lowest BCUT2D eigenvalue weighted by Gasteiger charge is -2.07. The fraction of sp³-hybridized carbons (Fsp3) is 0.160. The molecule has 0 spiro atoms. The lowest BCUT2D eigenvalue weighted by Crippen LogP contribution is -2.14. The van der Waals surface area contributed by atoms with E-state index in [9.17, 15) is 4.79 Å². The van der Waals surface area contributed by atoms with Gasteiger partial charge < -0.3 is 9.73 Å². The molecule has 33 heavy (non-hydrogen) atoms. The second-order valence-corrected chi connectivity index (χ2v) is 8.04. The van der Waals surface area contributed by atoms with E-state index in [2.05, 4.69) is 39.4 Å². The van der Waals surface area contributed by atoms with E-state index in [4.69, 9.17) is 4.42 Å². The van der Waals surface area contributed by atoms with Gasteiger partial charge in [0.25, 0.3) is 5.91 Å². The van der Waals surface area contributed by atoms with Crippen molar-refractivity contribution in [2.24, 2.45) is 0 Å². The van der Waals surface area contributed by atoms with E-state index in [0.717, 1.165) is 27.9 Å². The molecule has 1 N–H and O–H groups in total. The molecule has 0 radical (unpaired) electrons. The minimum absolute atomic E-state index is 0.251. The fourth-order valence-electron chi connectivity index (χ4n) is 3.60. The van der Waals surface area contributed by atoms with Crippen LogP contribution in [0.2, 0.25) is 0 Å². The summed E-state index contributed by atoms with van der Waals surface area (Å²) >= 11 is 0. The molecule has 0 unspecified atom stereocenters. The molecule has 164 valence electrons. The Morgan fingerprint density at radius 1 is 1.03 bits per heavy atom. The predicted octanol–water partition coefficient (Wildman–Crippen LogP) is 5.15. The van der Waals surface area contributed by atoms with Crippen LogP contribution in [0.25, 0.3) is 28.0 Å². The first-order valence-electron chi connectivity index (χ1n) is 10.6. The molecule has 0 saturated carbocycles. The van der Waals surface area contributed by atoms with Gasteiger partial charge in [-0.1, -0.05) is 37.3 Å². The smallest absolute Gasteiger partial charge is 0.278 e. The van der Waals surface area contributed by atoms with Gasteiger partial charge in [-0.25, -0.2) is 9.67 Å². The van der Waals surface area contributed by atoms with Crippen molar-refractivity contribution in [2.75, 3.05) is 5.32 Å². The summed E-state index contributed by atoms with van der Waals surface area (Å²) < 4.78 is 7.43. The van der Waals surface area contributed by atoms with Crippen LogP contribution < -0.4 is 5.32 Å². The number of oxazole rings is 1. The Bertz CT molecular complexity index is 1440. The lowest BCUT2D eigenvalue weighted by molar-refractivity contribution is 0.102. The number of carbonyl (C=O) groups is 1. The van der Waals surface area contributed by atoms with Crippen LogP contribution >= 0.6 is 0 Å². The number of hydrogen-bond acceptors (Lipinski definition) is 6. The van der Waals surface area contributed by atoms with Gasteiger partial charge in [0.05, 0.1) is 23.1 Å². The Morgan fingerprint density at radius 2 is 1.82 bits per heavy atom. The molecule has 0 saturated heterocycles. The lowest BCUT2D eigenvalue weighted by atomic mass is 10.2. The molecule has 8 nitrogen and oxygen atoms in total. The SMILES string of the molecule is Cc1c(C(=O)Nc2ccc(-c3ncc(C(C)C)o3)cc2)nnn1-c1cccc2cccnc12. The molecule has 3 heterocycles. The van der Waals surface area contributed by atoms with Gasteiger partial charge in [-0.15, -0.1) is 5.10 Å². The van der Waals surface area contributed by atoms with Crippen molar-refractivity contribution in [3.8, 4) is 17.1 Å². The number of pyridine rings is 1. The standard InChI is InChI=1S/C25H22N6O2/c1-15(2)21-14-27-25(33-21)18-9-11-19(12-10-18)28-24(32)22-16(3)31(30-29-22)20-8-4-6-17-7-5-13-26-23(17)20/h4-15H,1-3H3,(H,28,32). The molecule has 0 atom stereocenters. The molecule has 1 amide bonds. The zero-order valence-electron chi connectivity index (χ0n) is 18.5. The zero-order valence-corrected chi connectivity index (χ0v) is 18.5. The highest BCUT2D eigenvalue weighted by molar-refractivity contribution is 6.03. The number of carbonyl (C=O) groups excluding carboxylic acids is 1. The second-order valence-electron chi connectivity index (χ2n) is 8.04. The number of aromatic nitrogens is 5. The number of nitrogens with zero attached hydrogens (tertiary/aromatic N) is 5. The summed E-state index contributed by atoms with van der Waals surface area (Å²) in [4.78, 5) is 21.7. The summed E-state index contributed by atoms with van der Waals surface area (Å²) in [5, 5.41) is 12.2. The molecule has 3 aromatic heterocycles. The van der Waals surface area contributed by atoms with E-state index >= 15 is 0 Å². The minimum atomic E-state index is -0.335. The topological polar surface area (TPSA) is 98.7 Å². The van der Waals surface area contributed by atoms with E-state index < -0.39 is 0 Å². The van der Waals surface area contributed by atoms with E-state index in [1.54, 1.807) is 29.2 Å². The summed E-state index contributed by atoms with van der Waals surface area (Å²) in [5.41, 5.74) is 3.92. The third kappa shape index (κ3) is 3.87. The van der Waals surface area contributed by atoms with Crippen molar-refractivity contribution < 1.29 is 9.21 Å². The Kier molecular flexibility index (Phi) is 5.18. The average molecular weight is 438 g/mol. The molecule has 2 aromatic carbocycles. The number of nitrogens with one attached hydrogen (secondary N) is 1. The normalized spacial score (nSPS) is 11.3. The monoisotopic (exact) mass is 438 g/mol. The number of fused-ring (bicyclic) bond motifs is 1. The van der Waals surface area contributed by atoms with Crippen molar-refractivity contribution in [3.63, 3.8) is 0 Å². The van der Waals surface area contributed by atoms with Gasteiger partial charge in [0.15, 0.2) is 5.69 Å². The van der Waals surface area contributed by atoms with Crippen molar-refractivity contribution >= 4 is 22.5 Å². The maximum Gasteiger partial charge on any atom is 0.278 e. The van der Waals surface area contributed by atoms with Crippen LogP contribution in [0.4, 0.5) is 5.69 Å². The zero-order chi connectivity index (χ0) is 22.9. The van der Waals surface area contributed by atoms with Crippen molar-refractivity contribution in [3.05, 3.63) is 84.1 Å². The number of anilines is 1. The molecular weight excluding hydrogens is 416 g/mol. The molecule has 0 aliphatic heterocycles. The van der Waals surface area contributed by atoms with Gasteiger partial charge in [-0.2, -0.15) is 0 Å². The molecule has 5 aromatic rings. The number of benzene rings is 2. The molecule has 0 fully saturated rings. The highest BCUT2D eigenvalue weighted by atomic mass is 16.4. The Labute approximate surface area is 190 Å². The van der Waals surface area contributed by atoms with Crippen molar-refractivity contribution in [2.45, 2.75) is 26.7 Å². The van der Waals surface area contributed by atoms with Crippen LogP contribution in [0.5, 0.6) is 0 Å². The molecule has 5 rings (SSSR count). The van der Waals surface area contributed by atoms with Crippen LogP contribution in [-0.4, -0.2) is 30.9 Å². The molecule has 0 bridgehead atoms. The third-order valence-electron chi connectivity index (χ3n) is 5.43. The summed E-state index contributed by atoms with van der Waals surface area (Å²) in [7, 11) is 0. The summed E-state index contributed by atoms with van der Waals surface area (Å²) in [5.74, 6) is 1.32. The van der Waals surface area contributed by atoms with Gasteiger partial charge in [0.1, 0.15) is 5.76 Å². The highest BCUT2D eigenvalue weighted by Gasteiger charge is 2.19. The number of amides is 1. The van der Waals surface area contributed by atoms with Crippen LogP contribution in [-0.2, 0) is 0 Å². The second kappa shape index (κ2) is 8.31. The molecular formula is C25H22N6O2. The maximum absolute atomic E-state index is 12.9. The first kappa shape index (κ1) is 20.6. The van der Waals surface area contributed by atoms with Gasteiger partial charge in [-0.3, -0.25) is 9.78 Å². The first-order chi connectivity index (χ1) is 16.0. The summed E-state index contributed by atoms with van der Waals surface area (Å²) in [6.45, 7) is 5.92. The fourth-order valence-corrected chi connectivity index (χ4v) is 3.60. The Balaban J connectivity index is 1.37. The summed E-state index contributed by atoms with van der Waals surface area (Å²) in [6.07, 6.45) is 3.48. The van der Waals surface area contributed by atoms with Crippen LogP contribution in [0.15, 0.2) is 71.4 Å². The number of rotatable bonds is 5. The molecule has 8 heteroatoms. The van der Waals surface area contributed by atoms with E-state index in [0.29, 0.717) is 17.3 Å². The minimum Gasteiger partial charge on any atom is -0.441 e. The van der Waals surface area contributed by atoms with E-state index in [-0.39, 0.29) is 17.5 Å². The first-order valence-corrected chi connectivity index (χ1v) is 10.6. The Hall–Kier alpha value is -4.33. The summed E-state index contributed by atoms with van der Waals surface area (Å²) in [6, 6.07) is 17.0. The van der Waals surface area contributed by atoms with Crippen LogP contribution in [0.3, 0.4) is 0 Å². The van der Waals surface area contributed by atoms with Gasteiger partial charge in [-0.05, 0) is 43.3 Å². The van der Waals surface area contributed by atoms with Gasteiger partial charge in [0, 0.05) is 28.8 Å². The van der Waals surface area contributed by atoms with Gasteiger partial charge in [0.2, 0.25) is 5.89 Å². The van der Waals surface area contributed by atoms with Crippen molar-refractivity contribution in [1.82, 2.24) is 25.0 Å². The van der Waals surface area contributed by atoms with Crippen LogP contribution in [0.1, 0.15) is 41.7 Å². The average Bonchev–Trinajstić information content (AvgIpc) is 3.47. The third-order valence-corrected chi connectivity index (χ3v) is 5.43. The van der Waals surface area contributed by atoms with Crippen LogP contribution in [0, 0.1) is 6.92 Å². The van der Waals surface area contributed by atoms with Gasteiger partial charge >= 0.3 is 0 Å². The number of para-hydroxylation sites is 1. The maximum atomic E-state index is 12.9. The Morgan fingerprint density at radius 3 is 2.58 bits per heavy atom. The molecule has 0 aliphatic carbocycles.